The molecule has 0 aliphatic carbocycles. The SMILES string of the molecule is C/C=C\C=C/C(C)=C(C)C.C=C(Nc1cc(CN2CC3CC2CO3)cc(C(F)(F)F)c1)c1csc2c1CCN(C(=O)/C(C)=C/C)C2. The number of anilines is 1. The minimum absolute atomic E-state index is 0.0318. The van der Waals surface area contributed by atoms with E-state index < -0.39 is 11.7 Å². The first-order valence-electron chi connectivity index (χ1n) is 15.8. The van der Waals surface area contributed by atoms with E-state index >= 15 is 0 Å². The number of hydrogen-bond donors (Lipinski definition) is 1. The topological polar surface area (TPSA) is 44.8 Å². The largest absolute Gasteiger partial charge is 0.416 e. The molecule has 2 unspecified atom stereocenters. The average molecular weight is 654 g/mol. The van der Waals surface area contributed by atoms with Crippen LogP contribution in [-0.4, -0.2) is 47.5 Å². The van der Waals surface area contributed by atoms with E-state index in [1.165, 1.54) is 17.2 Å². The van der Waals surface area contributed by atoms with Gasteiger partial charge in [-0.05, 0) is 83.7 Å². The van der Waals surface area contributed by atoms with E-state index in [1.54, 1.807) is 17.4 Å². The quantitative estimate of drug-likeness (QED) is 0.228. The number of thiophene rings is 1. The Kier molecular flexibility index (Phi) is 11.9. The van der Waals surface area contributed by atoms with Gasteiger partial charge in [0.05, 0.1) is 24.8 Å². The van der Waals surface area contributed by atoms with E-state index in [0.717, 1.165) is 40.6 Å². The second-order valence-electron chi connectivity index (χ2n) is 12.4. The number of carbonyl (C=O) groups is 1. The zero-order chi connectivity index (χ0) is 33.6. The number of halogens is 3. The van der Waals surface area contributed by atoms with Gasteiger partial charge < -0.3 is 15.0 Å². The maximum Gasteiger partial charge on any atom is 0.416 e. The van der Waals surface area contributed by atoms with Crippen molar-refractivity contribution in [1.82, 2.24) is 9.80 Å². The first-order valence-corrected chi connectivity index (χ1v) is 16.7. The number of hydrogen-bond acceptors (Lipinski definition) is 5. The van der Waals surface area contributed by atoms with Gasteiger partial charge in [0.2, 0.25) is 5.91 Å². The van der Waals surface area contributed by atoms with Crippen LogP contribution in [0.25, 0.3) is 5.70 Å². The zero-order valence-corrected chi connectivity index (χ0v) is 28.6. The molecule has 9 heteroatoms. The Hall–Kier alpha value is -3.40. The Labute approximate surface area is 275 Å². The number of ether oxygens (including phenoxy) is 1. The molecular formula is C37H46F3N3O2S. The van der Waals surface area contributed by atoms with E-state index in [9.17, 15) is 18.0 Å². The number of benzene rings is 1. The lowest BCUT2D eigenvalue weighted by atomic mass is 10.0. The van der Waals surface area contributed by atoms with Crippen molar-refractivity contribution in [3.63, 3.8) is 0 Å². The van der Waals surface area contributed by atoms with Crippen molar-refractivity contribution < 1.29 is 22.7 Å². The minimum Gasteiger partial charge on any atom is -0.375 e. The predicted octanol–water partition coefficient (Wildman–Crippen LogP) is 9.15. The van der Waals surface area contributed by atoms with Crippen LogP contribution in [0.5, 0.6) is 0 Å². The highest BCUT2D eigenvalue weighted by atomic mass is 32.1. The Morgan fingerprint density at radius 3 is 2.52 bits per heavy atom. The van der Waals surface area contributed by atoms with Crippen molar-refractivity contribution in [2.24, 2.45) is 0 Å². The molecule has 5 rings (SSSR count). The normalized spacial score (nSPS) is 19.8. The summed E-state index contributed by atoms with van der Waals surface area (Å²) in [5.41, 5.74) is 6.34. The fraction of sp³-hybridized carbons (Fsp3) is 0.432. The van der Waals surface area contributed by atoms with Gasteiger partial charge in [-0.2, -0.15) is 13.2 Å². The first-order chi connectivity index (χ1) is 21.8. The van der Waals surface area contributed by atoms with Crippen molar-refractivity contribution in [3.8, 4) is 0 Å². The summed E-state index contributed by atoms with van der Waals surface area (Å²) in [6, 6.07) is 4.45. The molecule has 0 radical (unpaired) electrons. The summed E-state index contributed by atoms with van der Waals surface area (Å²) in [6.45, 7) is 19.2. The molecule has 5 nitrogen and oxygen atoms in total. The fourth-order valence-corrected chi connectivity index (χ4v) is 6.90. The number of fused-ring (bicyclic) bond motifs is 3. The lowest BCUT2D eigenvalue weighted by Gasteiger charge is -2.28. The third kappa shape index (κ3) is 8.90. The standard InChI is InChI=1S/C27H30F3N3O2S.C10H16/c1-4-16(2)26(34)32-6-5-23-24(15-36-25(23)13-32)17(3)31-20-8-18(7-19(9-20)27(28,29)30)11-33-12-22-10-21(33)14-35-22;1-5-6-7-8-10(4)9(2)3/h4,7-9,15,21-22,31H,3,5-6,10-14H2,1-2H3;5-8H,1-4H3/b16-4+;6-5-,8-7-. The second kappa shape index (κ2) is 15.5. The molecule has 1 aromatic carbocycles. The molecule has 0 spiro atoms. The molecule has 2 saturated heterocycles. The summed E-state index contributed by atoms with van der Waals surface area (Å²) >= 11 is 1.56. The number of nitrogens with zero attached hydrogens (tertiary/aromatic N) is 2. The fourth-order valence-electron chi connectivity index (χ4n) is 5.77. The van der Waals surface area contributed by atoms with Crippen molar-refractivity contribution >= 4 is 28.6 Å². The van der Waals surface area contributed by atoms with E-state index in [0.29, 0.717) is 49.6 Å². The summed E-state index contributed by atoms with van der Waals surface area (Å²) in [6.07, 6.45) is 7.43. The van der Waals surface area contributed by atoms with Gasteiger partial charge in [0.15, 0.2) is 0 Å². The van der Waals surface area contributed by atoms with Crippen LogP contribution >= 0.6 is 11.3 Å². The number of alkyl halides is 3. The number of rotatable bonds is 8. The monoisotopic (exact) mass is 653 g/mol. The maximum absolute atomic E-state index is 13.7. The first kappa shape index (κ1) is 35.5. The highest BCUT2D eigenvalue weighted by molar-refractivity contribution is 7.10. The molecule has 2 fully saturated rings. The molecule has 2 atom stereocenters. The second-order valence-corrected chi connectivity index (χ2v) is 13.3. The third-order valence-electron chi connectivity index (χ3n) is 8.78. The molecule has 3 aliphatic rings. The molecule has 1 amide bonds. The van der Waals surface area contributed by atoms with Gasteiger partial charge in [-0.25, -0.2) is 0 Å². The van der Waals surface area contributed by atoms with Crippen LogP contribution in [0.3, 0.4) is 0 Å². The number of morpholine rings is 1. The molecule has 4 heterocycles. The van der Waals surface area contributed by atoms with Gasteiger partial charge in [0.25, 0.3) is 0 Å². The van der Waals surface area contributed by atoms with Crippen LogP contribution < -0.4 is 5.32 Å². The van der Waals surface area contributed by atoms with E-state index in [4.69, 9.17) is 4.74 Å². The van der Waals surface area contributed by atoms with Crippen molar-refractivity contribution in [2.75, 3.05) is 25.0 Å². The van der Waals surface area contributed by atoms with Gasteiger partial charge in [0, 0.05) is 58.5 Å². The van der Waals surface area contributed by atoms with Crippen LogP contribution in [0.15, 0.2) is 77.3 Å². The zero-order valence-electron chi connectivity index (χ0n) is 27.8. The van der Waals surface area contributed by atoms with Gasteiger partial charge in [0.1, 0.15) is 0 Å². The lowest BCUT2D eigenvalue weighted by Crippen LogP contribution is -2.36. The number of carbonyl (C=O) groups excluding carboxylic acids is 1. The lowest BCUT2D eigenvalue weighted by molar-refractivity contribution is -0.137. The van der Waals surface area contributed by atoms with Crippen LogP contribution in [-0.2, 0) is 35.2 Å². The van der Waals surface area contributed by atoms with Gasteiger partial charge in [-0.15, -0.1) is 11.3 Å². The van der Waals surface area contributed by atoms with E-state index in [2.05, 4.69) is 49.7 Å². The third-order valence-corrected chi connectivity index (χ3v) is 9.80. The molecule has 0 saturated carbocycles. The van der Waals surface area contributed by atoms with Gasteiger partial charge >= 0.3 is 6.18 Å². The summed E-state index contributed by atoms with van der Waals surface area (Å²) in [5.74, 6) is 0.0318. The average Bonchev–Trinajstić information content (AvgIpc) is 3.76. The molecule has 1 N–H and O–H groups in total. The van der Waals surface area contributed by atoms with Crippen molar-refractivity contribution in [3.05, 3.63) is 104 Å². The molecule has 2 aromatic rings. The Balaban J connectivity index is 0.000000416. The summed E-state index contributed by atoms with van der Waals surface area (Å²) in [5, 5.41) is 5.13. The van der Waals surface area contributed by atoms with Crippen LogP contribution in [0.1, 0.15) is 75.1 Å². The van der Waals surface area contributed by atoms with E-state index in [1.807, 2.05) is 49.3 Å². The van der Waals surface area contributed by atoms with Crippen LogP contribution in [0, 0.1) is 0 Å². The van der Waals surface area contributed by atoms with Crippen molar-refractivity contribution in [2.45, 2.75) is 85.8 Å². The van der Waals surface area contributed by atoms with Crippen LogP contribution in [0.4, 0.5) is 18.9 Å². The van der Waals surface area contributed by atoms with Crippen LogP contribution in [0.2, 0.25) is 0 Å². The number of nitrogens with one attached hydrogen (secondary N) is 1. The summed E-state index contributed by atoms with van der Waals surface area (Å²) in [7, 11) is 0. The Morgan fingerprint density at radius 1 is 1.15 bits per heavy atom. The molecular weight excluding hydrogens is 607 g/mol. The molecule has 3 aliphatic heterocycles. The predicted molar refractivity (Wildman–Crippen MR) is 184 cm³/mol. The molecule has 1 aromatic heterocycles. The minimum atomic E-state index is -4.44. The van der Waals surface area contributed by atoms with E-state index in [-0.39, 0.29) is 18.1 Å². The maximum atomic E-state index is 13.7. The highest BCUT2D eigenvalue weighted by Crippen LogP contribution is 2.37. The molecule has 248 valence electrons. The van der Waals surface area contributed by atoms with Gasteiger partial charge in [-0.3, -0.25) is 9.69 Å². The Bertz CT molecular complexity index is 1550. The Morgan fingerprint density at radius 2 is 1.91 bits per heavy atom. The van der Waals surface area contributed by atoms with Crippen molar-refractivity contribution in [1.29, 1.82) is 0 Å². The highest BCUT2D eigenvalue weighted by Gasteiger charge is 2.39. The number of likely N-dealkylation sites (tertiary alicyclic amines) is 1. The smallest absolute Gasteiger partial charge is 0.375 e. The molecule has 2 bridgehead atoms. The summed E-state index contributed by atoms with van der Waals surface area (Å²) < 4.78 is 46.8. The molecule has 46 heavy (non-hydrogen) atoms. The van der Waals surface area contributed by atoms with Gasteiger partial charge in [-0.1, -0.05) is 48.1 Å². The number of amides is 1. The number of allylic oxidation sites excluding steroid dienone is 7. The summed E-state index contributed by atoms with van der Waals surface area (Å²) in [4.78, 5) is 17.7.